The number of anilines is 1. The summed E-state index contributed by atoms with van der Waals surface area (Å²) in [4.78, 5) is 10.8. The number of amides is 1. The zero-order valence-electron chi connectivity index (χ0n) is 6.48. The van der Waals surface area contributed by atoms with E-state index in [1.54, 1.807) is 22.6 Å². The molecule has 70 valence electrons. The Balaban J connectivity index is 2.93. The van der Waals surface area contributed by atoms with Crippen LogP contribution in [0.1, 0.15) is 0 Å². The van der Waals surface area contributed by atoms with Gasteiger partial charge in [-0.3, -0.25) is 4.79 Å². The molecular formula is C8H6F2INO. The summed E-state index contributed by atoms with van der Waals surface area (Å²) in [7, 11) is 0. The molecule has 0 radical (unpaired) electrons. The zero-order chi connectivity index (χ0) is 9.84. The minimum Gasteiger partial charge on any atom is -0.321 e. The van der Waals surface area contributed by atoms with E-state index in [1.807, 2.05) is 0 Å². The Morgan fingerprint density at radius 1 is 1.38 bits per heavy atom. The molecule has 1 N–H and O–H groups in total. The molecule has 0 aliphatic carbocycles. The van der Waals surface area contributed by atoms with E-state index >= 15 is 0 Å². The summed E-state index contributed by atoms with van der Waals surface area (Å²) in [6, 6.07) is 3.42. The maximum absolute atomic E-state index is 12.9. The summed E-state index contributed by atoms with van der Waals surface area (Å²) in [5.41, 5.74) is -0.385. The van der Waals surface area contributed by atoms with Crippen LogP contribution in [0, 0.1) is 11.6 Å². The van der Waals surface area contributed by atoms with Crippen molar-refractivity contribution in [1.82, 2.24) is 0 Å². The van der Waals surface area contributed by atoms with Crippen LogP contribution in [0.5, 0.6) is 0 Å². The average molecular weight is 297 g/mol. The van der Waals surface area contributed by atoms with Crippen molar-refractivity contribution in [1.29, 1.82) is 0 Å². The minimum atomic E-state index is -0.766. The van der Waals surface area contributed by atoms with E-state index in [4.69, 9.17) is 0 Å². The van der Waals surface area contributed by atoms with Gasteiger partial charge in [-0.2, -0.15) is 0 Å². The molecule has 13 heavy (non-hydrogen) atoms. The highest BCUT2D eigenvalue weighted by molar-refractivity contribution is 14.1. The number of benzene rings is 1. The van der Waals surface area contributed by atoms with Gasteiger partial charge in [-0.1, -0.05) is 28.7 Å². The molecule has 0 spiro atoms. The van der Waals surface area contributed by atoms with Crippen molar-refractivity contribution in [3.63, 3.8) is 0 Å². The third-order valence-electron chi connectivity index (χ3n) is 1.35. The summed E-state index contributed by atoms with van der Waals surface area (Å²) < 4.78 is 25.9. The number of nitrogens with one attached hydrogen (secondary N) is 1. The molecule has 1 aromatic rings. The molecule has 0 fully saturated rings. The van der Waals surface area contributed by atoms with Crippen molar-refractivity contribution in [2.75, 3.05) is 9.74 Å². The maximum atomic E-state index is 12.9. The summed E-state index contributed by atoms with van der Waals surface area (Å²) in [6.45, 7) is 0. The molecule has 1 rings (SSSR count). The van der Waals surface area contributed by atoms with Crippen molar-refractivity contribution in [2.45, 2.75) is 0 Å². The van der Waals surface area contributed by atoms with Crippen LogP contribution in [0.4, 0.5) is 14.5 Å². The van der Waals surface area contributed by atoms with Crippen LogP contribution >= 0.6 is 22.6 Å². The highest BCUT2D eigenvalue weighted by Gasteiger charge is 2.10. The lowest BCUT2D eigenvalue weighted by Gasteiger charge is -2.04. The van der Waals surface area contributed by atoms with Crippen molar-refractivity contribution in [3.05, 3.63) is 29.8 Å². The minimum absolute atomic E-state index is 0.158. The SMILES string of the molecule is O=C(CI)Nc1c(F)cccc1F. The first-order chi connectivity index (χ1) is 6.15. The van der Waals surface area contributed by atoms with Gasteiger partial charge in [0.15, 0.2) is 0 Å². The van der Waals surface area contributed by atoms with E-state index < -0.39 is 17.5 Å². The van der Waals surface area contributed by atoms with Crippen molar-refractivity contribution >= 4 is 34.2 Å². The third kappa shape index (κ3) is 2.61. The number of alkyl halides is 1. The van der Waals surface area contributed by atoms with Gasteiger partial charge in [0.05, 0.1) is 4.43 Å². The van der Waals surface area contributed by atoms with Crippen LogP contribution in [0.2, 0.25) is 0 Å². The highest BCUT2D eigenvalue weighted by Crippen LogP contribution is 2.17. The molecule has 0 saturated carbocycles. The number of hydrogen-bond donors (Lipinski definition) is 1. The first-order valence-corrected chi connectivity index (χ1v) is 4.97. The molecule has 0 atom stereocenters. The molecule has 1 amide bonds. The van der Waals surface area contributed by atoms with Crippen molar-refractivity contribution in [2.24, 2.45) is 0 Å². The first-order valence-electron chi connectivity index (χ1n) is 3.45. The molecule has 5 heteroatoms. The van der Waals surface area contributed by atoms with Gasteiger partial charge < -0.3 is 5.32 Å². The molecule has 0 aliphatic rings. The Hall–Kier alpha value is -0.720. The van der Waals surface area contributed by atoms with Gasteiger partial charge in [0.2, 0.25) is 5.91 Å². The van der Waals surface area contributed by atoms with Crippen LogP contribution in [-0.4, -0.2) is 10.3 Å². The molecule has 2 nitrogen and oxygen atoms in total. The van der Waals surface area contributed by atoms with E-state index in [-0.39, 0.29) is 10.1 Å². The monoisotopic (exact) mass is 297 g/mol. The number of halogens is 3. The lowest BCUT2D eigenvalue weighted by molar-refractivity contribution is -0.113. The van der Waals surface area contributed by atoms with E-state index in [0.29, 0.717) is 0 Å². The van der Waals surface area contributed by atoms with Gasteiger partial charge in [-0.25, -0.2) is 8.78 Å². The van der Waals surface area contributed by atoms with Gasteiger partial charge >= 0.3 is 0 Å². The second-order valence-electron chi connectivity index (χ2n) is 2.28. The standard InChI is InChI=1S/C8H6F2INO/c9-5-2-1-3-6(10)8(5)12-7(13)4-11/h1-3H,4H2,(H,12,13). The quantitative estimate of drug-likeness (QED) is 0.659. The molecule has 0 saturated heterocycles. The summed E-state index contributed by atoms with van der Waals surface area (Å²) in [5, 5.41) is 2.13. The first kappa shape index (κ1) is 10.4. The van der Waals surface area contributed by atoms with Gasteiger partial charge in [0.1, 0.15) is 17.3 Å². The molecule has 0 aromatic heterocycles. The fourth-order valence-corrected chi connectivity index (χ4v) is 0.981. The van der Waals surface area contributed by atoms with Gasteiger partial charge in [0, 0.05) is 0 Å². The zero-order valence-corrected chi connectivity index (χ0v) is 8.64. The van der Waals surface area contributed by atoms with Gasteiger partial charge in [-0.05, 0) is 12.1 Å². The van der Waals surface area contributed by atoms with E-state index in [0.717, 1.165) is 12.1 Å². The molecular weight excluding hydrogens is 291 g/mol. The normalized spacial score (nSPS) is 9.77. The van der Waals surface area contributed by atoms with Crippen molar-refractivity contribution in [3.8, 4) is 0 Å². The Morgan fingerprint density at radius 2 is 1.92 bits per heavy atom. The Morgan fingerprint density at radius 3 is 2.38 bits per heavy atom. The fourth-order valence-electron chi connectivity index (χ4n) is 0.790. The van der Waals surface area contributed by atoms with Crippen LogP contribution in [-0.2, 0) is 4.79 Å². The number of para-hydroxylation sites is 1. The van der Waals surface area contributed by atoms with E-state index in [2.05, 4.69) is 5.32 Å². The second kappa shape index (κ2) is 4.50. The Bertz CT molecular complexity index is 310. The fraction of sp³-hybridized carbons (Fsp3) is 0.125. The summed E-state index contributed by atoms with van der Waals surface area (Å²) in [6.07, 6.45) is 0. The van der Waals surface area contributed by atoms with Gasteiger partial charge in [-0.15, -0.1) is 0 Å². The predicted octanol–water partition coefficient (Wildman–Crippen LogP) is 2.34. The van der Waals surface area contributed by atoms with Gasteiger partial charge in [0.25, 0.3) is 0 Å². The summed E-state index contributed by atoms with van der Waals surface area (Å²) in [5.74, 6) is -1.96. The largest absolute Gasteiger partial charge is 0.321 e. The number of rotatable bonds is 2. The third-order valence-corrected chi connectivity index (χ3v) is 2.04. The number of hydrogen-bond acceptors (Lipinski definition) is 1. The van der Waals surface area contributed by atoms with Crippen LogP contribution in [0.15, 0.2) is 18.2 Å². The molecule has 0 heterocycles. The molecule has 0 aliphatic heterocycles. The maximum Gasteiger partial charge on any atom is 0.234 e. The number of carbonyl (C=O) groups excluding carboxylic acids is 1. The van der Waals surface area contributed by atoms with E-state index in [1.165, 1.54) is 6.07 Å². The van der Waals surface area contributed by atoms with Crippen LogP contribution in [0.25, 0.3) is 0 Å². The smallest absolute Gasteiger partial charge is 0.234 e. The molecule has 0 unspecified atom stereocenters. The highest BCUT2D eigenvalue weighted by atomic mass is 127. The predicted molar refractivity (Wildman–Crippen MR) is 53.9 cm³/mol. The van der Waals surface area contributed by atoms with Crippen molar-refractivity contribution < 1.29 is 13.6 Å². The topological polar surface area (TPSA) is 29.1 Å². The number of carbonyl (C=O) groups is 1. The summed E-state index contributed by atoms with van der Waals surface area (Å²) >= 11 is 1.81. The Kier molecular flexibility index (Phi) is 3.58. The second-order valence-corrected chi connectivity index (χ2v) is 3.04. The molecule has 0 bridgehead atoms. The Labute approximate surface area is 87.5 Å². The average Bonchev–Trinajstić information content (AvgIpc) is 2.11. The van der Waals surface area contributed by atoms with Crippen LogP contribution in [0.3, 0.4) is 0 Å². The lowest BCUT2D eigenvalue weighted by atomic mass is 10.3. The van der Waals surface area contributed by atoms with Crippen LogP contribution < -0.4 is 5.32 Å². The molecule has 1 aromatic carbocycles. The van der Waals surface area contributed by atoms with E-state index in [9.17, 15) is 13.6 Å². The lowest BCUT2D eigenvalue weighted by Crippen LogP contribution is -2.14.